The van der Waals surface area contributed by atoms with Crippen LogP contribution >= 0.6 is 0 Å². The molecule has 0 fully saturated rings. The fourth-order valence-electron chi connectivity index (χ4n) is 5.24. The number of allylic oxidation sites excluding steroid dienone is 2. The molecule has 0 radical (unpaired) electrons. The van der Waals surface area contributed by atoms with Crippen LogP contribution in [0.1, 0.15) is 148 Å². The number of carboxylic acids is 3. The van der Waals surface area contributed by atoms with Gasteiger partial charge in [0.15, 0.2) is 0 Å². The highest BCUT2D eigenvalue weighted by Gasteiger charge is 2.28. The zero-order chi connectivity index (χ0) is 29.0. The van der Waals surface area contributed by atoms with E-state index in [9.17, 15) is 19.5 Å². The first kappa shape index (κ1) is 37.1. The molecule has 0 saturated heterocycles. The van der Waals surface area contributed by atoms with Gasteiger partial charge in [-0.2, -0.15) is 0 Å². The monoisotopic (exact) mass is 553 g/mol. The highest BCUT2D eigenvalue weighted by molar-refractivity contribution is 5.67. The molecule has 0 spiro atoms. The van der Waals surface area contributed by atoms with Crippen molar-refractivity contribution >= 4 is 17.9 Å². The summed E-state index contributed by atoms with van der Waals surface area (Å²) in [4.78, 5) is 33.3. The summed E-state index contributed by atoms with van der Waals surface area (Å²) in [6, 6.07) is 0. The van der Waals surface area contributed by atoms with Gasteiger partial charge in [-0.15, -0.1) is 0 Å². The maximum Gasteiger partial charge on any atom is 0.309 e. The van der Waals surface area contributed by atoms with Crippen molar-refractivity contribution in [3.05, 3.63) is 12.2 Å². The smallest absolute Gasteiger partial charge is 0.309 e. The molecule has 2 N–H and O–H groups in total. The molecule has 0 atom stereocenters. The number of rotatable bonds is 30. The van der Waals surface area contributed by atoms with Crippen molar-refractivity contribution in [2.45, 2.75) is 148 Å². The maximum atomic E-state index is 11.1. The molecule has 7 nitrogen and oxygen atoms in total. The number of carboxylic acid groups (broad SMARTS) is 3. The number of hydrogen-bond donors (Lipinski definition) is 2. The number of carbonyl (C=O) groups is 3. The molecule has 0 aliphatic carbocycles. The minimum Gasteiger partial charge on any atom is -0.550 e. The normalized spacial score (nSPS) is 11.8. The lowest BCUT2D eigenvalue weighted by Crippen LogP contribution is -2.53. The summed E-state index contributed by atoms with van der Waals surface area (Å²) in [7, 11) is 0. The van der Waals surface area contributed by atoms with E-state index in [0.29, 0.717) is 6.54 Å². The van der Waals surface area contributed by atoms with Crippen molar-refractivity contribution in [3.63, 3.8) is 0 Å². The Balaban J connectivity index is 3.85. The van der Waals surface area contributed by atoms with E-state index in [-0.39, 0.29) is 43.4 Å². The van der Waals surface area contributed by atoms with Gasteiger partial charge in [0.1, 0.15) is 0 Å². The van der Waals surface area contributed by atoms with Gasteiger partial charge in [-0.3, -0.25) is 9.59 Å². The number of quaternary nitrogens is 1. The van der Waals surface area contributed by atoms with Crippen LogP contribution in [0.25, 0.3) is 0 Å². The third kappa shape index (κ3) is 26.1. The van der Waals surface area contributed by atoms with Crippen LogP contribution in [0.4, 0.5) is 0 Å². The van der Waals surface area contributed by atoms with Crippen LogP contribution in [-0.4, -0.2) is 58.8 Å². The van der Waals surface area contributed by atoms with Crippen LogP contribution in [0.2, 0.25) is 0 Å². The highest BCUT2D eigenvalue weighted by atomic mass is 16.4. The molecule has 0 bridgehead atoms. The van der Waals surface area contributed by atoms with Gasteiger partial charge >= 0.3 is 11.9 Å². The Labute approximate surface area is 238 Å². The molecule has 0 aromatic rings. The first-order chi connectivity index (χ1) is 18.8. The van der Waals surface area contributed by atoms with E-state index < -0.39 is 17.9 Å². The largest absolute Gasteiger partial charge is 0.550 e. The molecule has 0 aromatic carbocycles. The third-order valence-corrected chi connectivity index (χ3v) is 7.78. The predicted octanol–water partition coefficient (Wildman–Crippen LogP) is 6.88. The zero-order valence-electron chi connectivity index (χ0n) is 25.0. The van der Waals surface area contributed by atoms with Crippen molar-refractivity contribution in [2.24, 2.45) is 0 Å². The second kappa shape index (κ2) is 26.3. The maximum absolute atomic E-state index is 11.1. The standard InChI is InChI=1S/C32H59NO6/c1-2-3-4-5-6-7-8-9-10-11-12-13-14-15-16-17-18-19-20-21-22-26-33(27-23-30(34)35,28-24-31(36)37)29-25-32(38)39/h6-7H,2-5,8-29H2,1H3,(H2-,34,35,36,37,38,39)/b7-6+. The molecule has 0 heterocycles. The minimum atomic E-state index is -1.18. The second-order valence-corrected chi connectivity index (χ2v) is 11.4. The first-order valence-corrected chi connectivity index (χ1v) is 15.9. The van der Waals surface area contributed by atoms with Crippen molar-refractivity contribution in [1.29, 1.82) is 0 Å². The number of nitrogens with zero attached hydrogens (tertiary/aromatic N) is 1. The highest BCUT2D eigenvalue weighted by Crippen LogP contribution is 2.17. The molecule has 0 saturated carbocycles. The summed E-state index contributed by atoms with van der Waals surface area (Å²) in [6.45, 7) is 3.60. The van der Waals surface area contributed by atoms with E-state index in [1.165, 1.54) is 103 Å². The van der Waals surface area contributed by atoms with Gasteiger partial charge in [0.25, 0.3) is 0 Å². The summed E-state index contributed by atoms with van der Waals surface area (Å²) in [5, 5.41) is 29.3. The van der Waals surface area contributed by atoms with Gasteiger partial charge < -0.3 is 24.6 Å². The lowest BCUT2D eigenvalue weighted by Gasteiger charge is -2.38. The molecule has 0 aliphatic rings. The van der Waals surface area contributed by atoms with Gasteiger partial charge in [-0.1, -0.05) is 103 Å². The Bertz CT molecular complexity index is 603. The van der Waals surface area contributed by atoms with Crippen molar-refractivity contribution in [2.75, 3.05) is 26.2 Å². The van der Waals surface area contributed by atoms with E-state index in [2.05, 4.69) is 19.1 Å². The molecule has 0 rings (SSSR count). The zero-order valence-corrected chi connectivity index (χ0v) is 25.0. The molecule has 0 aliphatic heterocycles. The topological polar surface area (TPSA) is 115 Å². The van der Waals surface area contributed by atoms with E-state index in [0.717, 1.165) is 19.3 Å². The summed E-state index contributed by atoms with van der Waals surface area (Å²) in [6.07, 6.45) is 28.2. The Morgan fingerprint density at radius 1 is 0.538 bits per heavy atom. The fourth-order valence-corrected chi connectivity index (χ4v) is 5.24. The van der Waals surface area contributed by atoms with Gasteiger partial charge in [0.05, 0.1) is 39.0 Å². The van der Waals surface area contributed by atoms with Crippen LogP contribution in [0, 0.1) is 0 Å². The van der Waals surface area contributed by atoms with Gasteiger partial charge in [-0.25, -0.2) is 0 Å². The van der Waals surface area contributed by atoms with Crippen molar-refractivity contribution in [3.8, 4) is 0 Å². The molecular formula is C32H59NO6. The number of carbonyl (C=O) groups excluding carboxylic acids is 1. The third-order valence-electron chi connectivity index (χ3n) is 7.78. The van der Waals surface area contributed by atoms with E-state index in [1.54, 1.807) is 0 Å². The van der Waals surface area contributed by atoms with Crippen LogP contribution in [0.5, 0.6) is 0 Å². The number of unbranched alkanes of at least 4 members (excludes halogenated alkanes) is 17. The van der Waals surface area contributed by atoms with Crippen LogP contribution in [-0.2, 0) is 14.4 Å². The van der Waals surface area contributed by atoms with Crippen LogP contribution in [0.15, 0.2) is 12.2 Å². The van der Waals surface area contributed by atoms with Crippen LogP contribution in [0.3, 0.4) is 0 Å². The average Bonchev–Trinajstić information content (AvgIpc) is 2.90. The van der Waals surface area contributed by atoms with Crippen molar-refractivity contribution in [1.82, 2.24) is 0 Å². The van der Waals surface area contributed by atoms with Gasteiger partial charge in [0, 0.05) is 12.4 Å². The van der Waals surface area contributed by atoms with Gasteiger partial charge in [-0.05, 0) is 38.5 Å². The molecule has 0 amide bonds. The summed E-state index contributed by atoms with van der Waals surface area (Å²) in [5.41, 5.74) is 0. The Morgan fingerprint density at radius 2 is 0.897 bits per heavy atom. The predicted molar refractivity (Wildman–Crippen MR) is 156 cm³/mol. The van der Waals surface area contributed by atoms with Gasteiger partial charge in [0.2, 0.25) is 0 Å². The summed E-state index contributed by atoms with van der Waals surface area (Å²) in [5.74, 6) is -3.07. The Hall–Kier alpha value is -1.89. The SMILES string of the molecule is CCCCC/C=C/CCCCCCCCCCCCCCCC[N+](CCC(=O)[O-])(CCC(=O)O)CCC(=O)O. The minimum absolute atomic E-state index is 0.0937. The number of hydrogen-bond acceptors (Lipinski definition) is 4. The lowest BCUT2D eigenvalue weighted by molar-refractivity contribution is -0.927. The Morgan fingerprint density at radius 3 is 1.28 bits per heavy atom. The summed E-state index contributed by atoms with van der Waals surface area (Å²) >= 11 is 0. The van der Waals surface area contributed by atoms with Crippen molar-refractivity contribution < 1.29 is 34.2 Å². The van der Waals surface area contributed by atoms with E-state index in [1.807, 2.05) is 0 Å². The van der Waals surface area contributed by atoms with Crippen LogP contribution < -0.4 is 5.11 Å². The number of aliphatic carboxylic acids is 3. The fraction of sp³-hybridized carbons (Fsp3) is 0.844. The molecular weight excluding hydrogens is 494 g/mol. The summed E-state index contributed by atoms with van der Waals surface area (Å²) < 4.78 is 0.225. The molecule has 39 heavy (non-hydrogen) atoms. The first-order valence-electron chi connectivity index (χ1n) is 15.9. The molecule has 0 aromatic heterocycles. The van der Waals surface area contributed by atoms with E-state index >= 15 is 0 Å². The lowest BCUT2D eigenvalue weighted by atomic mass is 10.0. The quantitative estimate of drug-likeness (QED) is 0.0569. The molecule has 228 valence electrons. The second-order valence-electron chi connectivity index (χ2n) is 11.4. The molecule has 0 unspecified atom stereocenters. The molecule has 7 heteroatoms. The Kier molecular flexibility index (Phi) is 25.1. The van der Waals surface area contributed by atoms with E-state index in [4.69, 9.17) is 10.2 Å². The average molecular weight is 554 g/mol.